The van der Waals surface area contributed by atoms with Crippen LogP contribution >= 0.6 is 31.9 Å². The maximum atomic E-state index is 10.2. The smallest absolute Gasteiger partial charge is 0.201 e. The molecule has 0 unspecified atom stereocenters. The van der Waals surface area contributed by atoms with Crippen LogP contribution in [0.2, 0.25) is 0 Å². The molecule has 0 amide bonds. The van der Waals surface area contributed by atoms with Crippen molar-refractivity contribution in [3.8, 4) is 11.5 Å². The number of H-pyrrole nitrogens is 1. The van der Waals surface area contributed by atoms with Crippen molar-refractivity contribution in [2.45, 2.75) is 0 Å². The second-order valence-corrected chi connectivity index (χ2v) is 8.53. The van der Waals surface area contributed by atoms with E-state index < -0.39 is 0 Å². The van der Waals surface area contributed by atoms with Crippen molar-refractivity contribution in [3.05, 3.63) is 38.8 Å². The van der Waals surface area contributed by atoms with E-state index in [9.17, 15) is 10.2 Å². The number of hydrogen-bond donors (Lipinski definition) is 4. The van der Waals surface area contributed by atoms with Gasteiger partial charge in [-0.3, -0.25) is 9.89 Å². The lowest BCUT2D eigenvalue weighted by Crippen LogP contribution is -2.39. The molecule has 10 heteroatoms. The second kappa shape index (κ2) is 9.34. The van der Waals surface area contributed by atoms with E-state index in [1.807, 2.05) is 18.2 Å². The van der Waals surface area contributed by atoms with Gasteiger partial charge in [-0.2, -0.15) is 0 Å². The van der Waals surface area contributed by atoms with E-state index in [1.54, 1.807) is 12.3 Å². The maximum absolute atomic E-state index is 10.2. The summed E-state index contributed by atoms with van der Waals surface area (Å²) in [5.74, 6) is 0.590. The zero-order valence-electron chi connectivity index (χ0n) is 16.0. The van der Waals surface area contributed by atoms with Crippen LogP contribution in [0.15, 0.2) is 38.2 Å². The summed E-state index contributed by atoms with van der Waals surface area (Å²) in [6.45, 7) is 5.26. The van der Waals surface area contributed by atoms with Crippen LogP contribution < -0.4 is 5.32 Å². The van der Waals surface area contributed by atoms with E-state index in [1.165, 1.54) is 0 Å². The predicted octanol–water partition coefficient (Wildman–Crippen LogP) is 3.99. The second-order valence-electron chi connectivity index (χ2n) is 6.88. The number of aliphatic imine (C=N–C) groups is 1. The minimum atomic E-state index is -0.0768. The van der Waals surface area contributed by atoms with Crippen LogP contribution in [0.4, 0.5) is 11.6 Å². The Morgan fingerprint density at radius 3 is 2.80 bits per heavy atom. The van der Waals surface area contributed by atoms with Crippen LogP contribution in [-0.2, 0) is 4.74 Å². The third-order valence-corrected chi connectivity index (χ3v) is 6.20. The number of morpholine rings is 1. The Morgan fingerprint density at radius 1 is 1.20 bits per heavy atom. The maximum Gasteiger partial charge on any atom is 0.201 e. The van der Waals surface area contributed by atoms with Crippen LogP contribution in [0, 0.1) is 0 Å². The normalized spacial score (nSPS) is 15.3. The molecule has 0 atom stereocenters. The summed E-state index contributed by atoms with van der Waals surface area (Å²) >= 11 is 6.42. The molecule has 0 radical (unpaired) electrons. The fraction of sp³-hybridized carbons (Fsp3) is 0.300. The predicted molar refractivity (Wildman–Crippen MR) is 124 cm³/mol. The summed E-state index contributed by atoms with van der Waals surface area (Å²) in [5, 5.41) is 23.3. The molecule has 158 valence electrons. The Kier molecular flexibility index (Phi) is 6.57. The minimum absolute atomic E-state index is 0.0590. The number of fused-ring (bicyclic) bond motifs is 1. The molecule has 0 spiro atoms. The van der Waals surface area contributed by atoms with Gasteiger partial charge in [-0.25, -0.2) is 4.98 Å². The highest BCUT2D eigenvalue weighted by Crippen LogP contribution is 2.40. The Hall–Kier alpha value is -2.14. The fourth-order valence-electron chi connectivity index (χ4n) is 3.17. The van der Waals surface area contributed by atoms with E-state index in [0.29, 0.717) is 15.7 Å². The summed E-state index contributed by atoms with van der Waals surface area (Å²) in [4.78, 5) is 14.6. The zero-order valence-corrected chi connectivity index (χ0v) is 19.2. The van der Waals surface area contributed by atoms with Crippen LogP contribution in [0.25, 0.3) is 11.0 Å². The number of rotatable bonds is 6. The minimum Gasteiger partial charge on any atom is -0.506 e. The SMILES string of the molecule is Oc1c(Br)cc(/C=N/c2ccc3[nH]c(NCCN4CCOCC4)nc3c2)c(O)c1Br. The highest BCUT2D eigenvalue weighted by atomic mass is 79.9. The molecule has 2 heterocycles. The summed E-state index contributed by atoms with van der Waals surface area (Å²) in [6, 6.07) is 7.26. The third kappa shape index (κ3) is 4.77. The Bertz CT molecular complexity index is 1080. The Morgan fingerprint density at radius 2 is 2.00 bits per heavy atom. The molecular weight excluding hydrogens is 518 g/mol. The average molecular weight is 539 g/mol. The molecule has 1 aliphatic heterocycles. The van der Waals surface area contributed by atoms with Crippen molar-refractivity contribution in [2.75, 3.05) is 44.7 Å². The van der Waals surface area contributed by atoms with Crippen LogP contribution in [0.3, 0.4) is 0 Å². The van der Waals surface area contributed by atoms with E-state index in [4.69, 9.17) is 4.74 Å². The number of nitrogens with one attached hydrogen (secondary N) is 2. The number of aromatic amines is 1. The Balaban J connectivity index is 1.44. The van der Waals surface area contributed by atoms with Gasteiger partial charge in [0.05, 0.1) is 34.4 Å². The van der Waals surface area contributed by atoms with Gasteiger partial charge >= 0.3 is 0 Å². The molecule has 1 aromatic heterocycles. The number of aromatic hydroxyl groups is 2. The average Bonchev–Trinajstić information content (AvgIpc) is 3.16. The molecule has 1 saturated heterocycles. The summed E-state index contributed by atoms with van der Waals surface area (Å²) in [7, 11) is 0. The number of phenolic OH excluding ortho intramolecular Hbond substituents is 2. The first-order valence-electron chi connectivity index (χ1n) is 9.49. The van der Waals surface area contributed by atoms with Crippen molar-refractivity contribution in [3.63, 3.8) is 0 Å². The molecule has 1 aliphatic rings. The number of phenols is 2. The van der Waals surface area contributed by atoms with E-state index in [-0.39, 0.29) is 16.0 Å². The van der Waals surface area contributed by atoms with Gasteiger partial charge in [-0.1, -0.05) is 0 Å². The number of benzene rings is 2. The monoisotopic (exact) mass is 537 g/mol. The van der Waals surface area contributed by atoms with Crippen molar-refractivity contribution in [1.82, 2.24) is 14.9 Å². The highest BCUT2D eigenvalue weighted by molar-refractivity contribution is 9.11. The Labute approximate surface area is 190 Å². The first-order valence-corrected chi connectivity index (χ1v) is 11.1. The van der Waals surface area contributed by atoms with Gasteiger partial charge < -0.3 is 25.3 Å². The van der Waals surface area contributed by atoms with Crippen LogP contribution in [0.5, 0.6) is 11.5 Å². The molecule has 30 heavy (non-hydrogen) atoms. The van der Waals surface area contributed by atoms with Gasteiger partial charge in [0.25, 0.3) is 0 Å². The summed E-state index contributed by atoms with van der Waals surface area (Å²) < 4.78 is 6.04. The number of hydrogen-bond acceptors (Lipinski definition) is 7. The standard InChI is InChI=1S/C20H21Br2N5O3/c21-14-9-12(18(28)17(22)19(14)29)11-24-13-1-2-15-16(10-13)26-20(25-15)23-3-4-27-5-7-30-8-6-27/h1-2,9-11,28-29H,3-8H2,(H2,23,25,26)/b24-11+. The van der Waals surface area contributed by atoms with E-state index in [2.05, 4.69) is 57.0 Å². The van der Waals surface area contributed by atoms with Gasteiger partial charge in [-0.05, 0) is 56.1 Å². The lowest BCUT2D eigenvalue weighted by Gasteiger charge is -2.26. The molecule has 1 fully saturated rings. The lowest BCUT2D eigenvalue weighted by molar-refractivity contribution is 0.0398. The molecule has 8 nitrogen and oxygen atoms in total. The lowest BCUT2D eigenvalue weighted by atomic mass is 10.2. The van der Waals surface area contributed by atoms with Gasteiger partial charge in [0.15, 0.2) is 0 Å². The van der Waals surface area contributed by atoms with Crippen molar-refractivity contribution in [1.29, 1.82) is 0 Å². The van der Waals surface area contributed by atoms with Crippen molar-refractivity contribution >= 4 is 60.7 Å². The number of nitrogens with zero attached hydrogens (tertiary/aromatic N) is 3. The van der Waals surface area contributed by atoms with E-state index >= 15 is 0 Å². The molecular formula is C20H21Br2N5O3. The topological polar surface area (TPSA) is 106 Å². The number of ether oxygens (including phenoxy) is 1. The molecule has 0 bridgehead atoms. The van der Waals surface area contributed by atoms with Gasteiger partial charge in [0.1, 0.15) is 16.0 Å². The summed E-state index contributed by atoms with van der Waals surface area (Å²) in [6.07, 6.45) is 1.54. The molecule has 4 N–H and O–H groups in total. The molecule has 2 aromatic carbocycles. The van der Waals surface area contributed by atoms with Crippen LogP contribution in [-0.4, -0.2) is 70.7 Å². The largest absolute Gasteiger partial charge is 0.506 e. The van der Waals surface area contributed by atoms with Crippen LogP contribution in [0.1, 0.15) is 5.56 Å². The first kappa shape index (κ1) is 21.1. The quantitative estimate of drug-likeness (QED) is 0.353. The first-order chi connectivity index (χ1) is 14.5. The zero-order chi connectivity index (χ0) is 21.1. The molecule has 4 rings (SSSR count). The number of aromatic nitrogens is 2. The molecule has 3 aromatic rings. The van der Waals surface area contributed by atoms with Crippen molar-refractivity contribution < 1.29 is 14.9 Å². The highest BCUT2D eigenvalue weighted by Gasteiger charge is 2.13. The van der Waals surface area contributed by atoms with Crippen molar-refractivity contribution in [2.24, 2.45) is 4.99 Å². The third-order valence-electron chi connectivity index (χ3n) is 4.84. The van der Waals surface area contributed by atoms with E-state index in [0.717, 1.165) is 56.4 Å². The van der Waals surface area contributed by atoms with Gasteiger partial charge in [0.2, 0.25) is 5.95 Å². The number of halogens is 2. The van der Waals surface area contributed by atoms with Gasteiger partial charge in [0, 0.05) is 38.0 Å². The number of imidazole rings is 1. The summed E-state index contributed by atoms with van der Waals surface area (Å²) in [5.41, 5.74) is 2.89. The number of anilines is 1. The molecule has 0 saturated carbocycles. The molecule has 0 aliphatic carbocycles. The fourth-order valence-corrected chi connectivity index (χ4v) is 4.33. The van der Waals surface area contributed by atoms with Gasteiger partial charge in [-0.15, -0.1) is 0 Å².